The SMILES string of the molecule is CCC[C@@H]1O[C@@H]2C[C@H]3[C@@H]4C[C@H](F)C5=CC(=O)C=C[C@]5(C)[C@@]4(F)[C@@H](O)C[C@]3(C)[C@]2(C(=O)COc2ccc(NC(=O)[C@H](C)NC(=O)[C@@H](NC(=O)CCOCCOCCOCCOCC)C(C)C)cc2)O1. The molecule has 0 bridgehead atoms. The van der Waals surface area contributed by atoms with Crippen molar-refractivity contribution in [1.82, 2.24) is 10.6 Å². The van der Waals surface area contributed by atoms with E-state index in [1.165, 1.54) is 26.0 Å². The molecular formula is C50H71F2N3O13. The number of ketones is 2. The topological polar surface area (TPSA) is 206 Å². The molecule has 0 radical (unpaired) electrons. The number of carbonyl (C=O) groups excluding carboxylic acids is 5. The number of hydrogen-bond acceptors (Lipinski definition) is 13. The molecule has 4 aliphatic carbocycles. The fourth-order valence-electron chi connectivity index (χ4n) is 11.1. The van der Waals surface area contributed by atoms with E-state index in [2.05, 4.69) is 16.0 Å². The molecule has 0 spiro atoms. The van der Waals surface area contributed by atoms with E-state index < -0.39 is 101 Å². The average Bonchev–Trinajstić information content (AvgIpc) is 3.78. The molecule has 1 saturated heterocycles. The Labute approximate surface area is 397 Å². The van der Waals surface area contributed by atoms with Gasteiger partial charge in [-0.3, -0.25) is 24.0 Å². The van der Waals surface area contributed by atoms with E-state index in [-0.39, 0.29) is 49.7 Å². The van der Waals surface area contributed by atoms with Crippen LogP contribution < -0.4 is 20.7 Å². The molecule has 1 heterocycles. The summed E-state index contributed by atoms with van der Waals surface area (Å²) in [4.78, 5) is 66.0. The summed E-state index contributed by atoms with van der Waals surface area (Å²) >= 11 is 0. The van der Waals surface area contributed by atoms with Crippen LogP contribution in [0.25, 0.3) is 0 Å². The summed E-state index contributed by atoms with van der Waals surface area (Å²) in [7, 11) is 0. The number of allylic oxidation sites excluding steroid dienone is 4. The number of Topliss-reactive ketones (excluding diaryl/α,β-unsaturated/α-hetero) is 1. The van der Waals surface area contributed by atoms with Crippen LogP contribution in [0.3, 0.4) is 0 Å². The van der Waals surface area contributed by atoms with Gasteiger partial charge >= 0.3 is 0 Å². The number of rotatable bonds is 25. The Hall–Kier alpha value is -4.17. The largest absolute Gasteiger partial charge is 0.486 e. The van der Waals surface area contributed by atoms with Gasteiger partial charge < -0.3 is 54.2 Å². The fourth-order valence-corrected chi connectivity index (χ4v) is 11.1. The smallest absolute Gasteiger partial charge is 0.246 e. The molecule has 4 N–H and O–H groups in total. The number of amides is 3. The number of anilines is 1. The lowest BCUT2D eigenvalue weighted by Gasteiger charge is -2.63. The maximum absolute atomic E-state index is 17.8. The standard InChI is InChI=1S/C50H71F2N3O13/c1-8-10-43-67-41-27-35-36-26-38(51)37-25-33(56)15-17-47(37,6)49(36,52)39(57)28-48(35,7)50(41,68-43)40(58)29-66-34-13-11-32(12-14-34)54-45(60)31(5)53-46(61)44(30(3)4)55-42(59)16-18-63-21-22-65-24-23-64-20-19-62-9-2/h11-15,17,25,30-31,35-36,38-39,41,43-44,57H,8-10,16,18-24,26-29H2,1-7H3,(H,53,61)(H,54,60)(H,55,59)/t31-,35-,36-,38-,39-,41+,43+,44-,47-,48-,49-,50+/m0/s1. The van der Waals surface area contributed by atoms with E-state index >= 15 is 8.78 Å². The minimum Gasteiger partial charge on any atom is -0.486 e. The lowest BCUT2D eigenvalue weighted by Crippen LogP contribution is -2.71. The second kappa shape index (κ2) is 22.7. The molecule has 0 unspecified atom stereocenters. The number of hydrogen-bond donors (Lipinski definition) is 4. The van der Waals surface area contributed by atoms with Gasteiger partial charge in [0, 0.05) is 35.5 Å². The van der Waals surface area contributed by atoms with Gasteiger partial charge in [-0.1, -0.05) is 40.2 Å². The Kier molecular flexibility index (Phi) is 17.8. The summed E-state index contributed by atoms with van der Waals surface area (Å²) in [5.74, 6) is -3.93. The molecule has 1 aromatic rings. The van der Waals surface area contributed by atoms with E-state index in [9.17, 15) is 29.1 Å². The minimum atomic E-state index is -2.33. The van der Waals surface area contributed by atoms with Crippen molar-refractivity contribution >= 4 is 35.0 Å². The molecule has 0 aromatic heterocycles. The molecule has 378 valence electrons. The van der Waals surface area contributed by atoms with E-state index in [0.717, 1.165) is 6.08 Å². The van der Waals surface area contributed by atoms with E-state index in [1.807, 2.05) is 13.8 Å². The highest BCUT2D eigenvalue weighted by molar-refractivity contribution is 6.01. The number of ether oxygens (including phenoxy) is 7. The van der Waals surface area contributed by atoms with Gasteiger partial charge in [-0.2, -0.15) is 0 Å². The zero-order valence-corrected chi connectivity index (χ0v) is 40.4. The molecule has 12 atom stereocenters. The van der Waals surface area contributed by atoms with Crippen molar-refractivity contribution in [3.8, 4) is 5.75 Å². The summed E-state index contributed by atoms with van der Waals surface area (Å²) in [6, 6.07) is 4.40. The maximum Gasteiger partial charge on any atom is 0.246 e. The van der Waals surface area contributed by atoms with Gasteiger partial charge in [-0.15, -0.1) is 0 Å². The highest BCUT2D eigenvalue weighted by Gasteiger charge is 2.80. The Morgan fingerprint density at radius 1 is 0.882 bits per heavy atom. The van der Waals surface area contributed by atoms with Crippen LogP contribution >= 0.6 is 0 Å². The van der Waals surface area contributed by atoms with Crippen LogP contribution in [0.1, 0.15) is 87.0 Å². The highest BCUT2D eigenvalue weighted by atomic mass is 19.1. The Morgan fingerprint density at radius 3 is 2.16 bits per heavy atom. The van der Waals surface area contributed by atoms with Crippen LogP contribution in [-0.4, -0.2) is 142 Å². The molecule has 5 aliphatic rings. The number of nitrogens with one attached hydrogen (secondary N) is 3. The van der Waals surface area contributed by atoms with E-state index in [1.54, 1.807) is 45.0 Å². The molecule has 1 aliphatic heterocycles. The lowest BCUT2D eigenvalue weighted by atomic mass is 9.44. The number of aliphatic hydroxyl groups is 1. The normalized spacial score (nSPS) is 32.3. The van der Waals surface area contributed by atoms with Crippen molar-refractivity contribution in [3.05, 3.63) is 48.1 Å². The number of alkyl halides is 2. The van der Waals surface area contributed by atoms with Gasteiger partial charge in [-0.25, -0.2) is 8.78 Å². The monoisotopic (exact) mass is 959 g/mol. The molecule has 68 heavy (non-hydrogen) atoms. The quantitative estimate of drug-likeness (QED) is 0.0964. The number of aliphatic hydroxyl groups excluding tert-OH is 1. The predicted octanol–water partition coefficient (Wildman–Crippen LogP) is 4.90. The van der Waals surface area contributed by atoms with Crippen molar-refractivity contribution in [2.45, 2.75) is 135 Å². The van der Waals surface area contributed by atoms with E-state index in [4.69, 9.17) is 33.2 Å². The van der Waals surface area contributed by atoms with Gasteiger partial charge in [0.1, 0.15) is 30.6 Å². The third-order valence-corrected chi connectivity index (χ3v) is 14.7. The zero-order valence-electron chi connectivity index (χ0n) is 40.4. The first kappa shape index (κ1) is 53.2. The van der Waals surface area contributed by atoms with Gasteiger partial charge in [0.05, 0.1) is 58.5 Å². The Bertz CT molecular complexity index is 2020. The molecule has 1 aromatic carbocycles. The number of fused-ring (bicyclic) bond motifs is 7. The van der Waals surface area contributed by atoms with Crippen LogP contribution in [0, 0.1) is 28.6 Å². The molecule has 3 amide bonds. The van der Waals surface area contributed by atoms with Crippen molar-refractivity contribution in [2.24, 2.45) is 28.6 Å². The zero-order chi connectivity index (χ0) is 49.4. The van der Waals surface area contributed by atoms with Crippen molar-refractivity contribution in [3.63, 3.8) is 0 Å². The third-order valence-electron chi connectivity index (χ3n) is 14.7. The fraction of sp³-hybridized carbons (Fsp3) is 0.700. The number of benzene rings is 1. The number of halogens is 2. The van der Waals surface area contributed by atoms with Crippen LogP contribution in [0.5, 0.6) is 5.75 Å². The first-order valence-corrected chi connectivity index (χ1v) is 24.1. The third kappa shape index (κ3) is 10.8. The molecule has 3 saturated carbocycles. The Morgan fingerprint density at radius 2 is 1.53 bits per heavy atom. The van der Waals surface area contributed by atoms with Gasteiger partial charge in [0.2, 0.25) is 23.5 Å². The summed E-state index contributed by atoms with van der Waals surface area (Å²) in [5, 5.41) is 20.0. The van der Waals surface area contributed by atoms with Crippen molar-refractivity contribution in [1.29, 1.82) is 0 Å². The Balaban J connectivity index is 1.00. The van der Waals surface area contributed by atoms with Crippen LogP contribution in [0.15, 0.2) is 48.1 Å². The predicted molar refractivity (Wildman–Crippen MR) is 245 cm³/mol. The van der Waals surface area contributed by atoms with Crippen LogP contribution in [0.2, 0.25) is 0 Å². The molecule has 6 rings (SSSR count). The average molecular weight is 960 g/mol. The van der Waals surface area contributed by atoms with Gasteiger partial charge in [0.15, 0.2) is 23.3 Å². The molecule has 18 heteroatoms. The second-order valence-electron chi connectivity index (χ2n) is 19.3. The molecular weight excluding hydrogens is 889 g/mol. The lowest BCUT2D eigenvalue weighted by molar-refractivity contribution is -0.234. The van der Waals surface area contributed by atoms with Crippen molar-refractivity contribution < 1.29 is 71.0 Å². The van der Waals surface area contributed by atoms with Gasteiger partial charge in [0.25, 0.3) is 0 Å². The minimum absolute atomic E-state index is 0.0210. The maximum atomic E-state index is 17.8. The van der Waals surface area contributed by atoms with Crippen LogP contribution in [-0.2, 0) is 52.4 Å². The van der Waals surface area contributed by atoms with Crippen LogP contribution in [0.4, 0.5) is 14.5 Å². The summed E-state index contributed by atoms with van der Waals surface area (Å²) in [5.41, 5.74) is -6.29. The second-order valence-corrected chi connectivity index (χ2v) is 19.3. The summed E-state index contributed by atoms with van der Waals surface area (Å²) < 4.78 is 74.5. The molecule has 16 nitrogen and oxygen atoms in total. The number of carbonyl (C=O) groups is 5. The van der Waals surface area contributed by atoms with Gasteiger partial charge in [-0.05, 0) is 100 Å². The van der Waals surface area contributed by atoms with Crippen molar-refractivity contribution in [2.75, 3.05) is 64.8 Å². The summed E-state index contributed by atoms with van der Waals surface area (Å²) in [6.45, 7) is 15.1. The summed E-state index contributed by atoms with van der Waals surface area (Å²) in [6.07, 6.45) is -0.0237. The molecule has 4 fully saturated rings. The highest BCUT2D eigenvalue weighted by Crippen LogP contribution is 2.72. The van der Waals surface area contributed by atoms with E-state index in [0.29, 0.717) is 70.5 Å². The first-order chi connectivity index (χ1) is 32.4. The first-order valence-electron chi connectivity index (χ1n) is 24.1.